The SMILES string of the molecule is C=CC(=O)Sc1ccc(-c2ccc(SC(=O)C=C)c(F)c2)cc1. The number of carbonyl (C=O) groups is 2. The summed E-state index contributed by atoms with van der Waals surface area (Å²) in [4.78, 5) is 23.6. The van der Waals surface area contributed by atoms with Gasteiger partial charge in [-0.2, -0.15) is 0 Å². The third kappa shape index (κ3) is 4.68. The van der Waals surface area contributed by atoms with Crippen LogP contribution in [0.3, 0.4) is 0 Å². The topological polar surface area (TPSA) is 34.1 Å². The molecule has 2 aromatic rings. The molecule has 0 saturated carbocycles. The molecule has 0 N–H and O–H groups in total. The van der Waals surface area contributed by atoms with Crippen LogP contribution >= 0.6 is 23.5 Å². The van der Waals surface area contributed by atoms with Crippen molar-refractivity contribution in [2.75, 3.05) is 0 Å². The minimum absolute atomic E-state index is 0.128. The van der Waals surface area contributed by atoms with Crippen molar-refractivity contribution >= 4 is 33.8 Å². The van der Waals surface area contributed by atoms with E-state index in [9.17, 15) is 14.0 Å². The van der Waals surface area contributed by atoms with E-state index >= 15 is 0 Å². The average molecular weight is 344 g/mol. The molecule has 0 aliphatic carbocycles. The van der Waals surface area contributed by atoms with Crippen LogP contribution in [0.5, 0.6) is 0 Å². The first-order valence-corrected chi connectivity index (χ1v) is 8.25. The highest BCUT2D eigenvalue weighted by atomic mass is 32.2. The molecule has 2 aromatic carbocycles. The maximum absolute atomic E-state index is 14.1. The first-order valence-electron chi connectivity index (χ1n) is 6.62. The summed E-state index contributed by atoms with van der Waals surface area (Å²) in [6.45, 7) is 6.78. The van der Waals surface area contributed by atoms with Gasteiger partial charge < -0.3 is 0 Å². The molecule has 2 nitrogen and oxygen atoms in total. The molecule has 23 heavy (non-hydrogen) atoms. The first-order chi connectivity index (χ1) is 11.0. The summed E-state index contributed by atoms with van der Waals surface area (Å²) in [6, 6.07) is 11.9. The van der Waals surface area contributed by atoms with Gasteiger partial charge in [-0.25, -0.2) is 4.39 Å². The standard InChI is InChI=1S/C18H13FO2S2/c1-3-17(20)22-14-8-5-12(6-9-14)13-7-10-16(15(19)11-13)23-18(21)4-2/h3-11H,1-2H2. The fraction of sp³-hybridized carbons (Fsp3) is 0. The Balaban J connectivity index is 2.20. The van der Waals surface area contributed by atoms with Crippen molar-refractivity contribution in [2.45, 2.75) is 9.79 Å². The van der Waals surface area contributed by atoms with Gasteiger partial charge >= 0.3 is 0 Å². The zero-order chi connectivity index (χ0) is 16.8. The fourth-order valence-corrected chi connectivity index (χ4v) is 2.97. The molecule has 0 amide bonds. The summed E-state index contributed by atoms with van der Waals surface area (Å²) in [5.41, 5.74) is 1.52. The van der Waals surface area contributed by atoms with Gasteiger partial charge in [-0.3, -0.25) is 9.59 Å². The Labute approximate surface area is 142 Å². The van der Waals surface area contributed by atoms with E-state index in [0.717, 1.165) is 40.1 Å². The van der Waals surface area contributed by atoms with E-state index < -0.39 is 5.82 Å². The third-order valence-electron chi connectivity index (χ3n) is 2.88. The summed E-state index contributed by atoms with van der Waals surface area (Å²) < 4.78 is 14.1. The smallest absolute Gasteiger partial charge is 0.216 e. The molecule has 0 unspecified atom stereocenters. The lowest BCUT2D eigenvalue weighted by atomic mass is 10.1. The van der Waals surface area contributed by atoms with E-state index in [4.69, 9.17) is 0 Å². The van der Waals surface area contributed by atoms with Crippen LogP contribution in [-0.2, 0) is 9.59 Å². The van der Waals surface area contributed by atoms with Crippen molar-refractivity contribution in [3.8, 4) is 11.1 Å². The minimum Gasteiger partial charge on any atom is -0.282 e. The Morgan fingerprint density at radius 2 is 1.43 bits per heavy atom. The van der Waals surface area contributed by atoms with E-state index in [0.29, 0.717) is 5.56 Å². The van der Waals surface area contributed by atoms with Gasteiger partial charge in [0.15, 0.2) is 0 Å². The summed E-state index contributed by atoms with van der Waals surface area (Å²) in [7, 11) is 0. The second kappa shape index (κ2) is 7.94. The van der Waals surface area contributed by atoms with Gasteiger partial charge in [0.25, 0.3) is 0 Å². The Hall–Kier alpha value is -2.11. The molecule has 0 fully saturated rings. The highest BCUT2D eigenvalue weighted by Gasteiger charge is 2.09. The number of hydrogen-bond acceptors (Lipinski definition) is 4. The predicted molar refractivity (Wildman–Crippen MR) is 94.0 cm³/mol. The number of hydrogen-bond donors (Lipinski definition) is 0. The van der Waals surface area contributed by atoms with Crippen LogP contribution in [0.25, 0.3) is 11.1 Å². The van der Waals surface area contributed by atoms with E-state index in [2.05, 4.69) is 13.2 Å². The summed E-state index contributed by atoms with van der Waals surface area (Å²) in [5.74, 6) is -0.456. The maximum Gasteiger partial charge on any atom is 0.216 e. The Bertz CT molecular complexity index is 767. The van der Waals surface area contributed by atoms with E-state index in [1.807, 2.05) is 12.1 Å². The van der Waals surface area contributed by atoms with Gasteiger partial charge in [0, 0.05) is 4.90 Å². The van der Waals surface area contributed by atoms with Crippen molar-refractivity contribution in [1.82, 2.24) is 0 Å². The first kappa shape index (κ1) is 17.2. The van der Waals surface area contributed by atoms with Crippen LogP contribution in [0.4, 0.5) is 4.39 Å². The van der Waals surface area contributed by atoms with Crippen LogP contribution in [0.2, 0.25) is 0 Å². The van der Waals surface area contributed by atoms with Crippen molar-refractivity contribution < 1.29 is 14.0 Å². The van der Waals surface area contributed by atoms with Gasteiger partial charge in [0.1, 0.15) is 5.82 Å². The van der Waals surface area contributed by atoms with Crippen LogP contribution in [0.15, 0.2) is 77.6 Å². The molecule has 2 rings (SSSR count). The molecule has 0 heterocycles. The van der Waals surface area contributed by atoms with Crippen LogP contribution in [0, 0.1) is 5.82 Å². The quantitative estimate of drug-likeness (QED) is 0.558. The molecule has 0 spiro atoms. The zero-order valence-electron chi connectivity index (χ0n) is 12.1. The molecular weight excluding hydrogens is 331 g/mol. The largest absolute Gasteiger partial charge is 0.282 e. The van der Waals surface area contributed by atoms with Crippen molar-refractivity contribution in [1.29, 1.82) is 0 Å². The molecule has 0 aromatic heterocycles. The molecule has 0 radical (unpaired) electrons. The molecular formula is C18H13FO2S2. The number of carbonyl (C=O) groups excluding carboxylic acids is 2. The monoisotopic (exact) mass is 344 g/mol. The van der Waals surface area contributed by atoms with Gasteiger partial charge in [0.2, 0.25) is 10.2 Å². The average Bonchev–Trinajstić information content (AvgIpc) is 2.57. The van der Waals surface area contributed by atoms with E-state index in [-0.39, 0.29) is 15.1 Å². The van der Waals surface area contributed by atoms with Crippen LogP contribution < -0.4 is 0 Å². The highest BCUT2D eigenvalue weighted by molar-refractivity contribution is 8.14. The summed E-state index contributed by atoms with van der Waals surface area (Å²) >= 11 is 1.88. The third-order valence-corrected chi connectivity index (χ3v) is 4.68. The molecule has 0 saturated heterocycles. The molecule has 5 heteroatoms. The normalized spacial score (nSPS) is 10.1. The molecule has 0 atom stereocenters. The Morgan fingerprint density at radius 3 is 2.00 bits per heavy atom. The van der Waals surface area contributed by atoms with E-state index in [1.54, 1.807) is 24.3 Å². The lowest BCUT2D eigenvalue weighted by molar-refractivity contribution is -0.107. The van der Waals surface area contributed by atoms with Crippen molar-refractivity contribution in [3.63, 3.8) is 0 Å². The Kier molecular flexibility index (Phi) is 5.96. The van der Waals surface area contributed by atoms with Gasteiger partial charge in [-0.05, 0) is 71.1 Å². The van der Waals surface area contributed by atoms with Crippen LogP contribution in [-0.4, -0.2) is 10.2 Å². The van der Waals surface area contributed by atoms with Gasteiger partial charge in [-0.15, -0.1) is 0 Å². The second-order valence-electron chi connectivity index (χ2n) is 4.42. The number of thioether (sulfide) groups is 2. The second-order valence-corrected chi connectivity index (χ2v) is 6.54. The number of halogens is 1. The zero-order valence-corrected chi connectivity index (χ0v) is 13.8. The lowest BCUT2D eigenvalue weighted by Gasteiger charge is -2.06. The van der Waals surface area contributed by atoms with E-state index in [1.165, 1.54) is 12.1 Å². The maximum atomic E-state index is 14.1. The van der Waals surface area contributed by atoms with Gasteiger partial charge in [0.05, 0.1) is 4.90 Å². The highest BCUT2D eigenvalue weighted by Crippen LogP contribution is 2.29. The fourth-order valence-electron chi connectivity index (χ4n) is 1.79. The number of benzene rings is 2. The minimum atomic E-state index is -0.456. The molecule has 116 valence electrons. The summed E-state index contributed by atoms with van der Waals surface area (Å²) in [5, 5.41) is -0.429. The van der Waals surface area contributed by atoms with Gasteiger partial charge in [-0.1, -0.05) is 31.4 Å². The van der Waals surface area contributed by atoms with Crippen molar-refractivity contribution in [2.24, 2.45) is 0 Å². The molecule has 0 bridgehead atoms. The molecule has 0 aliphatic rings. The van der Waals surface area contributed by atoms with Crippen LogP contribution in [0.1, 0.15) is 0 Å². The van der Waals surface area contributed by atoms with Crippen molar-refractivity contribution in [3.05, 3.63) is 73.6 Å². The Morgan fingerprint density at radius 1 is 0.870 bits per heavy atom. The molecule has 0 aliphatic heterocycles. The predicted octanol–water partition coefficient (Wildman–Crippen LogP) is 5.10. The number of rotatable bonds is 5. The summed E-state index contributed by atoms with van der Waals surface area (Å²) in [6.07, 6.45) is 2.41. The lowest BCUT2D eigenvalue weighted by Crippen LogP contribution is -1.89.